The average molecular weight is 395 g/mol. The minimum absolute atomic E-state index is 0. The third-order valence-corrected chi connectivity index (χ3v) is 6.07. The Kier molecular flexibility index (Phi) is 7.29. The van der Waals surface area contributed by atoms with Crippen LogP contribution in [-0.2, 0) is 21.4 Å². The van der Waals surface area contributed by atoms with Gasteiger partial charge < -0.3 is 10.0 Å². The Morgan fingerprint density at radius 3 is 2.63 bits per heavy atom. The van der Waals surface area contributed by atoms with E-state index in [4.69, 9.17) is 0 Å². The minimum Gasteiger partial charge on any atom is -0.508 e. The van der Waals surface area contributed by atoms with E-state index in [1.165, 1.54) is 4.90 Å². The fourth-order valence-electron chi connectivity index (χ4n) is 4.52. The Morgan fingerprint density at radius 2 is 1.93 bits per heavy atom. The van der Waals surface area contributed by atoms with Crippen LogP contribution >= 0.6 is 12.4 Å². The van der Waals surface area contributed by atoms with E-state index >= 15 is 0 Å². The van der Waals surface area contributed by atoms with Crippen molar-refractivity contribution in [2.24, 2.45) is 0 Å². The van der Waals surface area contributed by atoms with E-state index in [1.54, 1.807) is 12.1 Å². The Balaban J connectivity index is 0.00000261. The average Bonchev–Trinajstić information content (AvgIpc) is 2.87. The number of aryl methyl sites for hydroxylation is 1. The van der Waals surface area contributed by atoms with Crippen LogP contribution in [-0.4, -0.2) is 52.9 Å². The number of halogens is 1. The third-order valence-electron chi connectivity index (χ3n) is 6.07. The molecule has 150 valence electrons. The van der Waals surface area contributed by atoms with Crippen LogP contribution in [0.25, 0.3) is 0 Å². The van der Waals surface area contributed by atoms with Crippen molar-refractivity contribution in [3.63, 3.8) is 0 Å². The second kappa shape index (κ2) is 9.07. The summed E-state index contributed by atoms with van der Waals surface area (Å²) in [5.41, 5.74) is 1.22. The molecule has 0 aromatic heterocycles. The van der Waals surface area contributed by atoms with Crippen molar-refractivity contribution in [3.05, 3.63) is 29.3 Å². The number of phenols is 1. The van der Waals surface area contributed by atoms with Gasteiger partial charge >= 0.3 is 0 Å². The molecule has 1 aromatic rings. The molecule has 1 heterocycles. The van der Waals surface area contributed by atoms with Gasteiger partial charge in [-0.1, -0.05) is 19.9 Å². The first-order valence-corrected chi connectivity index (χ1v) is 9.91. The number of imide groups is 1. The number of carbonyl (C=O) groups is 2. The van der Waals surface area contributed by atoms with Gasteiger partial charge in [0.25, 0.3) is 0 Å². The van der Waals surface area contributed by atoms with Crippen molar-refractivity contribution in [1.29, 1.82) is 0 Å². The number of aromatic hydroxyl groups is 1. The van der Waals surface area contributed by atoms with Crippen molar-refractivity contribution in [2.45, 2.75) is 57.8 Å². The Bertz CT molecular complexity index is 690. The quantitative estimate of drug-likeness (QED) is 0.569. The number of rotatable bonds is 7. The summed E-state index contributed by atoms with van der Waals surface area (Å²) >= 11 is 0. The van der Waals surface area contributed by atoms with Gasteiger partial charge in [0.1, 0.15) is 5.75 Å². The number of amides is 2. The second-order valence-electron chi connectivity index (χ2n) is 7.54. The summed E-state index contributed by atoms with van der Waals surface area (Å²) in [5, 5.41) is 9.91. The Morgan fingerprint density at radius 1 is 1.19 bits per heavy atom. The van der Waals surface area contributed by atoms with Gasteiger partial charge in [-0.25, -0.2) is 0 Å². The molecule has 1 unspecified atom stereocenters. The molecule has 6 heteroatoms. The molecule has 2 amide bonds. The van der Waals surface area contributed by atoms with Gasteiger partial charge in [-0.2, -0.15) is 0 Å². The largest absolute Gasteiger partial charge is 0.508 e. The van der Waals surface area contributed by atoms with Gasteiger partial charge in [0, 0.05) is 13.0 Å². The molecule has 1 N–H and O–H groups in total. The SMILES string of the molecule is CCN(CC)CCCCN1C(=O)CC2(CCCc3ccc(O)cc32)C1=O.Cl. The monoisotopic (exact) mass is 394 g/mol. The maximum Gasteiger partial charge on any atom is 0.240 e. The molecule has 0 saturated carbocycles. The number of nitrogens with zero attached hydrogens (tertiary/aromatic N) is 2. The van der Waals surface area contributed by atoms with Crippen molar-refractivity contribution in [1.82, 2.24) is 9.80 Å². The van der Waals surface area contributed by atoms with E-state index in [2.05, 4.69) is 18.7 Å². The molecule has 1 atom stereocenters. The highest BCUT2D eigenvalue weighted by Gasteiger charge is 2.53. The Labute approximate surface area is 168 Å². The van der Waals surface area contributed by atoms with Crippen LogP contribution in [0.1, 0.15) is 57.1 Å². The maximum absolute atomic E-state index is 13.2. The van der Waals surface area contributed by atoms with Crippen LogP contribution in [0.2, 0.25) is 0 Å². The number of benzene rings is 1. The molecule has 3 rings (SSSR count). The number of hydrogen-bond acceptors (Lipinski definition) is 4. The van der Waals surface area contributed by atoms with Crippen LogP contribution in [0, 0.1) is 0 Å². The van der Waals surface area contributed by atoms with Crippen LogP contribution in [0.4, 0.5) is 0 Å². The molecule has 27 heavy (non-hydrogen) atoms. The number of unbranched alkanes of at least 4 members (excludes halogenated alkanes) is 1. The minimum atomic E-state index is -0.748. The van der Waals surface area contributed by atoms with Crippen LogP contribution < -0.4 is 0 Å². The molecule has 5 nitrogen and oxygen atoms in total. The smallest absolute Gasteiger partial charge is 0.240 e. The highest BCUT2D eigenvalue weighted by molar-refractivity contribution is 6.09. The normalized spacial score (nSPS) is 21.7. The van der Waals surface area contributed by atoms with Gasteiger partial charge in [0.05, 0.1) is 5.41 Å². The summed E-state index contributed by atoms with van der Waals surface area (Å²) in [6.07, 6.45) is 4.59. The first kappa shape index (κ1) is 21.7. The third kappa shape index (κ3) is 4.14. The fourth-order valence-corrected chi connectivity index (χ4v) is 4.52. The van der Waals surface area contributed by atoms with Crippen LogP contribution in [0.3, 0.4) is 0 Å². The van der Waals surface area contributed by atoms with Gasteiger partial charge in [0.15, 0.2) is 0 Å². The van der Waals surface area contributed by atoms with Crippen molar-refractivity contribution in [2.75, 3.05) is 26.2 Å². The zero-order valence-corrected chi connectivity index (χ0v) is 17.2. The lowest BCUT2D eigenvalue weighted by molar-refractivity contribution is -0.140. The molecule has 1 aliphatic heterocycles. The van der Waals surface area contributed by atoms with Crippen molar-refractivity contribution >= 4 is 24.2 Å². The number of carbonyl (C=O) groups excluding carboxylic acids is 2. The topological polar surface area (TPSA) is 60.9 Å². The summed E-state index contributed by atoms with van der Waals surface area (Å²) in [6, 6.07) is 5.27. The number of hydrogen-bond donors (Lipinski definition) is 1. The van der Waals surface area contributed by atoms with E-state index < -0.39 is 5.41 Å². The molecule has 1 spiro atoms. The molecule has 1 fully saturated rings. The lowest BCUT2D eigenvalue weighted by atomic mass is 9.69. The van der Waals surface area contributed by atoms with E-state index in [0.717, 1.165) is 56.4 Å². The van der Waals surface area contributed by atoms with Crippen LogP contribution in [0.15, 0.2) is 18.2 Å². The van der Waals surface area contributed by atoms with Gasteiger partial charge in [-0.15, -0.1) is 12.4 Å². The molecular weight excluding hydrogens is 364 g/mol. The molecular formula is C21H31ClN2O3. The zero-order valence-electron chi connectivity index (χ0n) is 16.4. The molecule has 0 bridgehead atoms. The first-order valence-electron chi connectivity index (χ1n) is 9.91. The van der Waals surface area contributed by atoms with E-state index in [0.29, 0.717) is 13.0 Å². The van der Waals surface area contributed by atoms with Gasteiger partial charge in [0.2, 0.25) is 11.8 Å². The zero-order chi connectivity index (χ0) is 18.7. The highest BCUT2D eigenvalue weighted by Crippen LogP contribution is 2.46. The number of likely N-dealkylation sites (tertiary alicyclic amines) is 1. The second-order valence-corrected chi connectivity index (χ2v) is 7.54. The van der Waals surface area contributed by atoms with E-state index in [1.807, 2.05) is 6.07 Å². The Hall–Kier alpha value is -1.59. The summed E-state index contributed by atoms with van der Waals surface area (Å²) in [6.45, 7) is 7.87. The lowest BCUT2D eigenvalue weighted by Crippen LogP contribution is -2.41. The molecule has 1 aromatic carbocycles. The summed E-state index contributed by atoms with van der Waals surface area (Å²) in [4.78, 5) is 29.7. The lowest BCUT2D eigenvalue weighted by Gasteiger charge is -2.33. The van der Waals surface area contributed by atoms with Gasteiger partial charge in [-0.3, -0.25) is 14.5 Å². The standard InChI is InChI=1S/C21H30N2O3.ClH/c1-3-22(4-2)12-5-6-13-23-19(25)15-21(20(23)26)11-7-8-16-9-10-17(24)14-18(16)21;/h9-10,14,24H,3-8,11-13,15H2,1-2H3;1H. The predicted octanol–water partition coefficient (Wildman–Crippen LogP) is 3.27. The van der Waals surface area contributed by atoms with Crippen LogP contribution in [0.5, 0.6) is 5.75 Å². The molecule has 1 saturated heterocycles. The number of fused-ring (bicyclic) bond motifs is 2. The summed E-state index contributed by atoms with van der Waals surface area (Å²) in [7, 11) is 0. The van der Waals surface area contributed by atoms with Crippen molar-refractivity contribution < 1.29 is 14.7 Å². The van der Waals surface area contributed by atoms with E-state index in [9.17, 15) is 14.7 Å². The fraction of sp³-hybridized carbons (Fsp3) is 0.619. The molecule has 1 aliphatic carbocycles. The number of phenolic OH excluding ortho intramolecular Hbond substituents is 1. The van der Waals surface area contributed by atoms with Gasteiger partial charge in [-0.05, 0) is 75.0 Å². The van der Waals surface area contributed by atoms with Crippen molar-refractivity contribution in [3.8, 4) is 5.75 Å². The molecule has 2 aliphatic rings. The maximum atomic E-state index is 13.2. The highest BCUT2D eigenvalue weighted by atomic mass is 35.5. The first-order chi connectivity index (χ1) is 12.5. The van der Waals surface area contributed by atoms with E-state index in [-0.39, 0.29) is 36.4 Å². The summed E-state index contributed by atoms with van der Waals surface area (Å²) < 4.78 is 0. The summed E-state index contributed by atoms with van der Waals surface area (Å²) in [5.74, 6) is 0.0499. The predicted molar refractivity (Wildman–Crippen MR) is 108 cm³/mol. The molecule has 0 radical (unpaired) electrons.